The van der Waals surface area contributed by atoms with E-state index in [2.05, 4.69) is 10.4 Å². The van der Waals surface area contributed by atoms with Crippen LogP contribution >= 0.6 is 0 Å². The van der Waals surface area contributed by atoms with Crippen LogP contribution in [0.5, 0.6) is 0 Å². The van der Waals surface area contributed by atoms with Gasteiger partial charge in [-0.05, 0) is 32.6 Å². The third-order valence-electron chi connectivity index (χ3n) is 3.28. The van der Waals surface area contributed by atoms with Crippen LogP contribution in [0.15, 0.2) is 0 Å². The molecular weight excluding hydrogens is 218 g/mol. The molecule has 0 aromatic carbocycles. The largest absolute Gasteiger partial charge is 0.450 e. The van der Waals surface area contributed by atoms with E-state index in [9.17, 15) is 4.79 Å². The fraction of sp³-hybridized carbons (Fsp3) is 0.667. The molecule has 94 valence electrons. The predicted molar refractivity (Wildman–Crippen MR) is 65.2 cm³/mol. The van der Waals surface area contributed by atoms with E-state index in [0.717, 1.165) is 11.5 Å². The molecule has 1 amide bonds. The van der Waals surface area contributed by atoms with E-state index in [1.54, 1.807) is 11.6 Å². The topological polar surface area (TPSA) is 56.1 Å². The Hall–Kier alpha value is -1.52. The van der Waals surface area contributed by atoms with Crippen molar-refractivity contribution in [3.63, 3.8) is 0 Å². The van der Waals surface area contributed by atoms with Crippen molar-refractivity contribution in [2.24, 2.45) is 7.05 Å². The molecule has 5 heteroatoms. The summed E-state index contributed by atoms with van der Waals surface area (Å²) in [6, 6.07) is 0. The number of amides is 1. The van der Waals surface area contributed by atoms with E-state index < -0.39 is 6.09 Å². The van der Waals surface area contributed by atoms with Gasteiger partial charge in [-0.25, -0.2) is 4.79 Å². The maximum absolute atomic E-state index is 11.5. The predicted octanol–water partition coefficient (Wildman–Crippen LogP) is 2.56. The number of aryl methyl sites for hydroxylation is 2. The zero-order valence-corrected chi connectivity index (χ0v) is 10.6. The van der Waals surface area contributed by atoms with Crippen molar-refractivity contribution in [3.8, 4) is 0 Å². The first kappa shape index (κ1) is 12.0. The van der Waals surface area contributed by atoms with Crippen LogP contribution in [0, 0.1) is 6.92 Å². The Labute approximate surface area is 101 Å². The molecule has 1 heterocycles. The molecule has 0 aliphatic heterocycles. The second-order valence-electron chi connectivity index (χ2n) is 4.44. The highest BCUT2D eigenvalue weighted by molar-refractivity contribution is 5.84. The van der Waals surface area contributed by atoms with Gasteiger partial charge >= 0.3 is 6.09 Å². The number of anilines is 1. The highest BCUT2D eigenvalue weighted by atomic mass is 16.5. The van der Waals surface area contributed by atoms with E-state index in [4.69, 9.17) is 4.74 Å². The third-order valence-corrected chi connectivity index (χ3v) is 3.28. The van der Waals surface area contributed by atoms with Crippen LogP contribution in [-0.4, -0.2) is 22.5 Å². The molecule has 1 aliphatic rings. The summed E-state index contributed by atoms with van der Waals surface area (Å²) in [5, 5.41) is 7.16. The van der Waals surface area contributed by atoms with Gasteiger partial charge in [0.1, 0.15) is 5.82 Å². The van der Waals surface area contributed by atoms with Crippen LogP contribution in [0.1, 0.15) is 43.4 Å². The molecule has 17 heavy (non-hydrogen) atoms. The summed E-state index contributed by atoms with van der Waals surface area (Å²) in [6.07, 6.45) is 3.22. The van der Waals surface area contributed by atoms with Crippen molar-refractivity contribution in [3.05, 3.63) is 11.3 Å². The molecule has 1 aromatic rings. The molecule has 1 fully saturated rings. The van der Waals surface area contributed by atoms with Crippen LogP contribution in [0.25, 0.3) is 0 Å². The highest BCUT2D eigenvalue weighted by Crippen LogP contribution is 2.41. The van der Waals surface area contributed by atoms with E-state index >= 15 is 0 Å². The summed E-state index contributed by atoms with van der Waals surface area (Å²) >= 11 is 0. The fourth-order valence-electron chi connectivity index (χ4n) is 2.27. The second-order valence-corrected chi connectivity index (χ2v) is 4.44. The van der Waals surface area contributed by atoms with E-state index in [1.165, 1.54) is 24.8 Å². The van der Waals surface area contributed by atoms with Crippen LogP contribution in [0.4, 0.5) is 10.6 Å². The number of carbonyl (C=O) groups is 1. The minimum absolute atomic E-state index is 0.376. The van der Waals surface area contributed by atoms with Crippen molar-refractivity contribution in [2.75, 3.05) is 11.9 Å². The molecule has 5 nitrogen and oxygen atoms in total. The smallest absolute Gasteiger partial charge is 0.412 e. The normalized spacial score (nSPS) is 15.5. The van der Waals surface area contributed by atoms with Gasteiger partial charge in [0.05, 0.1) is 12.3 Å². The van der Waals surface area contributed by atoms with Crippen molar-refractivity contribution in [2.45, 2.75) is 39.0 Å². The Balaban J connectivity index is 2.22. The van der Waals surface area contributed by atoms with E-state index in [0.29, 0.717) is 12.5 Å². The average Bonchev–Trinajstić information content (AvgIpc) is 2.43. The van der Waals surface area contributed by atoms with Crippen LogP contribution in [-0.2, 0) is 11.8 Å². The van der Waals surface area contributed by atoms with Crippen molar-refractivity contribution >= 4 is 11.9 Å². The lowest BCUT2D eigenvalue weighted by molar-refractivity contribution is 0.167. The lowest BCUT2D eigenvalue weighted by atomic mass is 9.80. The number of hydrogen-bond acceptors (Lipinski definition) is 3. The Morgan fingerprint density at radius 2 is 2.29 bits per heavy atom. The van der Waals surface area contributed by atoms with Gasteiger partial charge < -0.3 is 4.74 Å². The first-order chi connectivity index (χ1) is 8.13. The van der Waals surface area contributed by atoms with Crippen LogP contribution < -0.4 is 5.32 Å². The summed E-state index contributed by atoms with van der Waals surface area (Å²) < 4.78 is 6.63. The summed E-state index contributed by atoms with van der Waals surface area (Å²) in [5.41, 5.74) is 2.18. The molecule has 0 spiro atoms. The standard InChI is InChI=1S/C12H19N3O2/c1-4-17-12(16)13-11-10(9-6-5-7-9)8(2)14-15(11)3/h9H,4-7H2,1-3H3,(H,13,16). The Morgan fingerprint density at radius 1 is 1.59 bits per heavy atom. The van der Waals surface area contributed by atoms with Gasteiger partial charge in [0.15, 0.2) is 0 Å². The first-order valence-electron chi connectivity index (χ1n) is 6.10. The number of nitrogens with zero attached hydrogens (tertiary/aromatic N) is 2. The fourth-order valence-corrected chi connectivity index (χ4v) is 2.27. The van der Waals surface area contributed by atoms with Crippen LogP contribution in [0.3, 0.4) is 0 Å². The average molecular weight is 237 g/mol. The van der Waals surface area contributed by atoms with E-state index in [-0.39, 0.29) is 0 Å². The summed E-state index contributed by atoms with van der Waals surface area (Å²) in [7, 11) is 1.84. The van der Waals surface area contributed by atoms with Crippen molar-refractivity contribution in [1.29, 1.82) is 0 Å². The summed E-state index contributed by atoms with van der Waals surface area (Å²) in [5.74, 6) is 1.33. The zero-order valence-electron chi connectivity index (χ0n) is 10.6. The maximum Gasteiger partial charge on any atom is 0.412 e. The molecule has 0 saturated heterocycles. The lowest BCUT2D eigenvalue weighted by Gasteiger charge is -2.26. The number of ether oxygens (including phenoxy) is 1. The highest BCUT2D eigenvalue weighted by Gasteiger charge is 2.28. The molecular formula is C12H19N3O2. The Bertz CT molecular complexity index is 422. The molecule has 1 aromatic heterocycles. The van der Waals surface area contributed by atoms with Gasteiger partial charge in [0.2, 0.25) is 0 Å². The Morgan fingerprint density at radius 3 is 2.82 bits per heavy atom. The van der Waals surface area contributed by atoms with Crippen molar-refractivity contribution in [1.82, 2.24) is 9.78 Å². The Kier molecular flexibility index (Phi) is 3.36. The molecule has 0 bridgehead atoms. The van der Waals surface area contributed by atoms with Gasteiger partial charge in [0, 0.05) is 12.6 Å². The number of hydrogen-bond donors (Lipinski definition) is 1. The second kappa shape index (κ2) is 4.77. The van der Waals surface area contributed by atoms with E-state index in [1.807, 2.05) is 14.0 Å². The number of nitrogens with one attached hydrogen (secondary N) is 1. The SMILES string of the molecule is CCOC(=O)Nc1c(C2CCC2)c(C)nn1C. The monoisotopic (exact) mass is 237 g/mol. The minimum Gasteiger partial charge on any atom is -0.450 e. The summed E-state index contributed by atoms with van der Waals surface area (Å²) in [6.45, 7) is 4.16. The lowest BCUT2D eigenvalue weighted by Crippen LogP contribution is -2.19. The van der Waals surface area contributed by atoms with Gasteiger partial charge in [-0.3, -0.25) is 10.00 Å². The molecule has 1 aliphatic carbocycles. The molecule has 2 rings (SSSR count). The van der Waals surface area contributed by atoms with Crippen LogP contribution in [0.2, 0.25) is 0 Å². The zero-order chi connectivity index (χ0) is 12.4. The number of rotatable bonds is 3. The summed E-state index contributed by atoms with van der Waals surface area (Å²) in [4.78, 5) is 11.5. The molecule has 1 saturated carbocycles. The molecule has 0 unspecified atom stereocenters. The van der Waals surface area contributed by atoms with Gasteiger partial charge in [-0.2, -0.15) is 5.10 Å². The quantitative estimate of drug-likeness (QED) is 0.879. The van der Waals surface area contributed by atoms with Gasteiger partial charge in [-0.15, -0.1) is 0 Å². The maximum atomic E-state index is 11.5. The van der Waals surface area contributed by atoms with Gasteiger partial charge in [0.25, 0.3) is 0 Å². The first-order valence-corrected chi connectivity index (χ1v) is 6.10. The van der Waals surface area contributed by atoms with Gasteiger partial charge in [-0.1, -0.05) is 6.42 Å². The number of carbonyl (C=O) groups excluding carboxylic acids is 1. The molecule has 0 atom stereocenters. The third kappa shape index (κ3) is 2.28. The number of aromatic nitrogens is 2. The molecule has 0 radical (unpaired) electrons. The molecule has 1 N–H and O–H groups in total. The minimum atomic E-state index is -0.406. The van der Waals surface area contributed by atoms with Crippen molar-refractivity contribution < 1.29 is 9.53 Å².